The lowest BCUT2D eigenvalue weighted by Gasteiger charge is -2.20. The SMILES string of the molecule is COC(=O)c1cc(C(=O)OC(C)(C)C)ccc1C(=O)c1ccc(C(=O)OC(C)(C)C)cc1. The van der Waals surface area contributed by atoms with Crippen LogP contribution in [0.1, 0.15) is 88.5 Å². The Morgan fingerprint density at radius 1 is 0.594 bits per heavy atom. The molecule has 0 atom stereocenters. The van der Waals surface area contributed by atoms with E-state index in [4.69, 9.17) is 14.2 Å². The summed E-state index contributed by atoms with van der Waals surface area (Å²) in [5.74, 6) is -2.35. The van der Waals surface area contributed by atoms with E-state index < -0.39 is 34.9 Å². The molecular formula is C25H28O7. The molecule has 0 saturated heterocycles. The Kier molecular flexibility index (Phi) is 7.24. The van der Waals surface area contributed by atoms with Crippen LogP contribution >= 0.6 is 0 Å². The highest BCUT2D eigenvalue weighted by molar-refractivity contribution is 6.15. The van der Waals surface area contributed by atoms with Gasteiger partial charge in [0, 0.05) is 11.1 Å². The maximum Gasteiger partial charge on any atom is 0.338 e. The van der Waals surface area contributed by atoms with Gasteiger partial charge in [-0.3, -0.25) is 4.79 Å². The molecular weight excluding hydrogens is 412 g/mol. The average Bonchev–Trinajstić information content (AvgIpc) is 2.69. The summed E-state index contributed by atoms with van der Waals surface area (Å²) in [6.07, 6.45) is 0. The van der Waals surface area contributed by atoms with Crippen molar-refractivity contribution in [1.82, 2.24) is 0 Å². The van der Waals surface area contributed by atoms with E-state index in [1.54, 1.807) is 41.5 Å². The second-order valence-corrected chi connectivity index (χ2v) is 9.16. The summed E-state index contributed by atoms with van der Waals surface area (Å²) in [4.78, 5) is 49.9. The highest BCUT2D eigenvalue weighted by atomic mass is 16.6. The zero-order valence-corrected chi connectivity index (χ0v) is 19.4. The first-order valence-corrected chi connectivity index (χ1v) is 10.1. The molecule has 32 heavy (non-hydrogen) atoms. The minimum absolute atomic E-state index is 0.0583. The number of hydrogen-bond acceptors (Lipinski definition) is 7. The van der Waals surface area contributed by atoms with Gasteiger partial charge in [-0.1, -0.05) is 12.1 Å². The molecule has 0 aromatic heterocycles. The van der Waals surface area contributed by atoms with Crippen molar-refractivity contribution in [3.8, 4) is 0 Å². The number of methoxy groups -OCH3 is 1. The minimum Gasteiger partial charge on any atom is -0.465 e. The van der Waals surface area contributed by atoms with Crippen LogP contribution in [0.5, 0.6) is 0 Å². The summed E-state index contributed by atoms with van der Waals surface area (Å²) < 4.78 is 15.4. The Labute approximate surface area is 187 Å². The van der Waals surface area contributed by atoms with Crippen LogP contribution in [0.2, 0.25) is 0 Å². The fourth-order valence-corrected chi connectivity index (χ4v) is 2.74. The van der Waals surface area contributed by atoms with Gasteiger partial charge in [0.1, 0.15) is 11.2 Å². The van der Waals surface area contributed by atoms with Crippen molar-refractivity contribution < 1.29 is 33.4 Å². The first-order valence-electron chi connectivity index (χ1n) is 10.1. The van der Waals surface area contributed by atoms with Gasteiger partial charge in [0.15, 0.2) is 5.78 Å². The number of carbonyl (C=O) groups excluding carboxylic acids is 4. The van der Waals surface area contributed by atoms with Gasteiger partial charge in [-0.25, -0.2) is 14.4 Å². The van der Waals surface area contributed by atoms with Gasteiger partial charge in [-0.2, -0.15) is 0 Å². The van der Waals surface area contributed by atoms with E-state index in [-0.39, 0.29) is 22.3 Å². The molecule has 0 N–H and O–H groups in total. The van der Waals surface area contributed by atoms with Gasteiger partial charge in [0.2, 0.25) is 0 Å². The van der Waals surface area contributed by atoms with Crippen LogP contribution in [-0.2, 0) is 14.2 Å². The van der Waals surface area contributed by atoms with Crippen molar-refractivity contribution in [2.75, 3.05) is 7.11 Å². The van der Waals surface area contributed by atoms with E-state index >= 15 is 0 Å². The topological polar surface area (TPSA) is 96.0 Å². The molecule has 7 nitrogen and oxygen atoms in total. The third-order valence-electron chi connectivity index (χ3n) is 4.09. The number of ketones is 1. The molecule has 2 aromatic rings. The second-order valence-electron chi connectivity index (χ2n) is 9.16. The van der Waals surface area contributed by atoms with Crippen LogP contribution in [0.3, 0.4) is 0 Å². The van der Waals surface area contributed by atoms with Gasteiger partial charge in [-0.15, -0.1) is 0 Å². The van der Waals surface area contributed by atoms with Crippen molar-refractivity contribution in [1.29, 1.82) is 0 Å². The predicted molar refractivity (Wildman–Crippen MR) is 118 cm³/mol. The molecule has 0 saturated carbocycles. The normalized spacial score (nSPS) is 11.5. The lowest BCUT2D eigenvalue weighted by atomic mass is 9.95. The fraction of sp³-hybridized carbons (Fsp3) is 0.360. The third kappa shape index (κ3) is 6.51. The van der Waals surface area contributed by atoms with Gasteiger partial charge < -0.3 is 14.2 Å². The van der Waals surface area contributed by atoms with E-state index in [1.165, 1.54) is 49.6 Å². The van der Waals surface area contributed by atoms with Gasteiger partial charge in [0.25, 0.3) is 0 Å². The zero-order chi connectivity index (χ0) is 24.3. The first-order chi connectivity index (χ1) is 14.7. The minimum atomic E-state index is -0.760. The number of rotatable bonds is 5. The van der Waals surface area contributed by atoms with E-state index in [2.05, 4.69) is 0 Å². The van der Waals surface area contributed by atoms with Gasteiger partial charge in [0.05, 0.1) is 23.8 Å². The van der Waals surface area contributed by atoms with Crippen molar-refractivity contribution in [3.05, 3.63) is 70.3 Å². The molecule has 7 heteroatoms. The number of ether oxygens (including phenoxy) is 3. The van der Waals surface area contributed by atoms with Crippen LogP contribution < -0.4 is 0 Å². The van der Waals surface area contributed by atoms with E-state index in [1.807, 2.05) is 0 Å². The summed E-state index contributed by atoms with van der Waals surface area (Å²) in [7, 11) is 1.19. The molecule has 0 radical (unpaired) electrons. The molecule has 0 unspecified atom stereocenters. The quantitative estimate of drug-likeness (QED) is 0.380. The lowest BCUT2D eigenvalue weighted by molar-refractivity contribution is 0.00569. The maximum atomic E-state index is 13.1. The van der Waals surface area contributed by atoms with Crippen LogP contribution in [0.25, 0.3) is 0 Å². The Morgan fingerprint density at radius 2 is 1.03 bits per heavy atom. The number of esters is 3. The van der Waals surface area contributed by atoms with Crippen molar-refractivity contribution in [3.63, 3.8) is 0 Å². The molecule has 170 valence electrons. The smallest absolute Gasteiger partial charge is 0.338 e. The van der Waals surface area contributed by atoms with Crippen LogP contribution in [0, 0.1) is 0 Å². The maximum absolute atomic E-state index is 13.1. The van der Waals surface area contributed by atoms with E-state index in [0.29, 0.717) is 5.56 Å². The molecule has 0 aliphatic carbocycles. The van der Waals surface area contributed by atoms with Crippen LogP contribution in [-0.4, -0.2) is 42.0 Å². The molecule has 2 rings (SSSR count). The zero-order valence-electron chi connectivity index (χ0n) is 19.4. The monoisotopic (exact) mass is 440 g/mol. The summed E-state index contributed by atoms with van der Waals surface area (Å²) in [5.41, 5.74) is -0.676. The van der Waals surface area contributed by atoms with E-state index in [0.717, 1.165) is 0 Å². The summed E-state index contributed by atoms with van der Waals surface area (Å²) in [6, 6.07) is 10.00. The van der Waals surface area contributed by atoms with Crippen molar-refractivity contribution in [2.24, 2.45) is 0 Å². The predicted octanol–water partition coefficient (Wildman–Crippen LogP) is 4.61. The van der Waals surface area contributed by atoms with Crippen molar-refractivity contribution >= 4 is 23.7 Å². The standard InChI is InChI=1S/C25H28O7/c1-24(2,3)31-21(27)16-10-8-15(9-11-16)20(26)18-13-12-17(14-19(18)23(29)30-7)22(28)32-25(4,5)6/h8-14H,1-7H3. The molecule has 0 heterocycles. The molecule has 0 aliphatic rings. The molecule has 0 fully saturated rings. The number of hydrogen-bond donors (Lipinski definition) is 0. The largest absolute Gasteiger partial charge is 0.465 e. The number of carbonyl (C=O) groups is 4. The summed E-state index contributed by atoms with van der Waals surface area (Å²) >= 11 is 0. The second kappa shape index (κ2) is 9.34. The first kappa shape index (κ1) is 24.8. The molecule has 2 aromatic carbocycles. The van der Waals surface area contributed by atoms with Gasteiger partial charge >= 0.3 is 17.9 Å². The van der Waals surface area contributed by atoms with Crippen LogP contribution in [0.15, 0.2) is 42.5 Å². The summed E-state index contributed by atoms with van der Waals surface area (Å²) in [6.45, 7) is 10.5. The van der Waals surface area contributed by atoms with E-state index in [9.17, 15) is 19.2 Å². The fourth-order valence-electron chi connectivity index (χ4n) is 2.74. The molecule has 0 amide bonds. The Hall–Kier alpha value is -3.48. The highest BCUT2D eigenvalue weighted by Crippen LogP contribution is 2.21. The van der Waals surface area contributed by atoms with Gasteiger partial charge in [-0.05, 0) is 71.9 Å². The Bertz CT molecular complexity index is 1040. The number of benzene rings is 2. The molecule has 0 bridgehead atoms. The Balaban J connectivity index is 2.37. The van der Waals surface area contributed by atoms with Crippen LogP contribution in [0.4, 0.5) is 0 Å². The molecule has 0 spiro atoms. The lowest BCUT2D eigenvalue weighted by Crippen LogP contribution is -2.24. The Morgan fingerprint density at radius 3 is 1.50 bits per heavy atom. The summed E-state index contributed by atoms with van der Waals surface area (Å²) in [5, 5.41) is 0. The highest BCUT2D eigenvalue weighted by Gasteiger charge is 2.24. The molecule has 0 aliphatic heterocycles. The third-order valence-corrected chi connectivity index (χ3v) is 4.09. The average molecular weight is 440 g/mol. The van der Waals surface area contributed by atoms with Crippen molar-refractivity contribution in [2.45, 2.75) is 52.7 Å².